The first-order valence-corrected chi connectivity index (χ1v) is 12.8. The maximum atomic E-state index is 13.2. The minimum atomic E-state index is -1.00. The van der Waals surface area contributed by atoms with Gasteiger partial charge in [-0.05, 0) is 57.4 Å². The van der Waals surface area contributed by atoms with E-state index < -0.39 is 47.4 Å². The standard InChI is InChI=1S/C27H33N3O7/c1-27(2,3)36-26(34)29-14-19(28-35-15-16-7-5-4-6-8-16)11-12-20(29)25(33)37-30-23(31)21-17-9-10-18(13-17)22(21)24(30)32/h4-10,17-22,28H,11-15H2,1-3H3/t17-,18?,19-,20+,21?,22?/m1/s1. The third kappa shape index (κ3) is 5.13. The molecule has 3 amide bonds. The Morgan fingerprint density at radius 3 is 2.27 bits per heavy atom. The number of fused-ring (bicyclic) bond motifs is 5. The van der Waals surface area contributed by atoms with Crippen molar-refractivity contribution in [1.82, 2.24) is 15.4 Å². The van der Waals surface area contributed by atoms with Gasteiger partial charge in [0, 0.05) is 6.54 Å². The third-order valence-electron chi connectivity index (χ3n) is 7.42. The van der Waals surface area contributed by atoms with Gasteiger partial charge < -0.3 is 9.57 Å². The average molecular weight is 512 g/mol. The van der Waals surface area contributed by atoms with E-state index in [4.69, 9.17) is 14.4 Å². The molecule has 2 aliphatic heterocycles. The Labute approximate surface area is 215 Å². The predicted octanol–water partition coefficient (Wildman–Crippen LogP) is 2.74. The van der Waals surface area contributed by atoms with Crippen LogP contribution in [0.3, 0.4) is 0 Å². The van der Waals surface area contributed by atoms with Gasteiger partial charge in [0.2, 0.25) is 0 Å². The molecule has 6 atom stereocenters. The van der Waals surface area contributed by atoms with Crippen molar-refractivity contribution in [3.63, 3.8) is 0 Å². The van der Waals surface area contributed by atoms with Crippen LogP contribution in [0.5, 0.6) is 0 Å². The highest BCUT2D eigenvalue weighted by atomic mass is 16.7. The largest absolute Gasteiger partial charge is 0.444 e. The van der Waals surface area contributed by atoms with Crippen molar-refractivity contribution in [3.8, 4) is 0 Å². The molecule has 1 aromatic carbocycles. The molecule has 37 heavy (non-hydrogen) atoms. The smallest absolute Gasteiger partial charge is 0.411 e. The van der Waals surface area contributed by atoms with Gasteiger partial charge >= 0.3 is 12.1 Å². The Balaban J connectivity index is 1.24. The van der Waals surface area contributed by atoms with Gasteiger partial charge in [-0.15, -0.1) is 5.06 Å². The molecule has 4 aliphatic rings. The second-order valence-corrected chi connectivity index (χ2v) is 11.2. The number of hydrogen-bond donors (Lipinski definition) is 1. The Kier molecular flexibility index (Phi) is 6.80. The number of hydrogen-bond acceptors (Lipinski definition) is 8. The highest BCUT2D eigenvalue weighted by Gasteiger charge is 2.61. The summed E-state index contributed by atoms with van der Waals surface area (Å²) in [4.78, 5) is 64.5. The lowest BCUT2D eigenvalue weighted by molar-refractivity contribution is -0.203. The SMILES string of the molecule is CC(C)(C)OC(=O)N1C[C@H](NOCc2ccccc2)CC[C@H]1C(=O)ON1C(=O)C2C3C=C[C@H](C3)C2C1=O. The maximum Gasteiger partial charge on any atom is 0.411 e. The molecular weight excluding hydrogens is 478 g/mol. The molecule has 2 heterocycles. The summed E-state index contributed by atoms with van der Waals surface area (Å²) in [7, 11) is 0. The lowest BCUT2D eigenvalue weighted by atomic mass is 9.85. The molecule has 0 aromatic heterocycles. The molecule has 2 aliphatic carbocycles. The summed E-state index contributed by atoms with van der Waals surface area (Å²) in [5.41, 5.74) is 3.19. The van der Waals surface area contributed by atoms with Gasteiger partial charge in [0.25, 0.3) is 11.8 Å². The van der Waals surface area contributed by atoms with Gasteiger partial charge in [-0.1, -0.05) is 42.5 Å². The fourth-order valence-corrected chi connectivity index (χ4v) is 5.77. The van der Waals surface area contributed by atoms with Crippen molar-refractivity contribution in [2.45, 2.75) is 64.3 Å². The summed E-state index contributed by atoms with van der Waals surface area (Å²) < 4.78 is 5.54. The van der Waals surface area contributed by atoms with E-state index in [0.717, 1.165) is 12.0 Å². The van der Waals surface area contributed by atoms with E-state index in [9.17, 15) is 19.2 Å². The molecule has 2 bridgehead atoms. The van der Waals surface area contributed by atoms with Crippen LogP contribution in [0.2, 0.25) is 0 Å². The molecule has 198 valence electrons. The molecule has 1 saturated carbocycles. The predicted molar refractivity (Wildman–Crippen MR) is 130 cm³/mol. The number of piperidine rings is 1. The molecule has 5 rings (SSSR count). The van der Waals surface area contributed by atoms with E-state index in [1.54, 1.807) is 20.8 Å². The number of imide groups is 1. The summed E-state index contributed by atoms with van der Waals surface area (Å²) in [6.45, 7) is 5.69. The zero-order chi connectivity index (χ0) is 26.3. The highest BCUT2D eigenvalue weighted by Crippen LogP contribution is 2.52. The van der Waals surface area contributed by atoms with Crippen LogP contribution in [0.4, 0.5) is 4.79 Å². The lowest BCUT2D eigenvalue weighted by Crippen LogP contribution is -2.57. The number of nitrogens with zero attached hydrogens (tertiary/aromatic N) is 2. The monoisotopic (exact) mass is 511 g/mol. The first-order valence-electron chi connectivity index (χ1n) is 12.8. The van der Waals surface area contributed by atoms with E-state index >= 15 is 0 Å². The molecule has 1 N–H and O–H groups in total. The van der Waals surface area contributed by atoms with Crippen LogP contribution in [0.25, 0.3) is 0 Å². The van der Waals surface area contributed by atoms with E-state index in [2.05, 4.69) is 5.48 Å². The number of nitrogens with one attached hydrogen (secondary N) is 1. The lowest BCUT2D eigenvalue weighted by Gasteiger charge is -2.38. The summed E-state index contributed by atoms with van der Waals surface area (Å²) in [5, 5.41) is 0.629. The van der Waals surface area contributed by atoms with Gasteiger partial charge in [0.05, 0.1) is 24.5 Å². The van der Waals surface area contributed by atoms with E-state index in [1.165, 1.54) is 4.90 Å². The van der Waals surface area contributed by atoms with Crippen LogP contribution >= 0.6 is 0 Å². The normalized spacial score (nSPS) is 30.6. The molecule has 10 heteroatoms. The van der Waals surface area contributed by atoms with Crippen LogP contribution < -0.4 is 5.48 Å². The van der Waals surface area contributed by atoms with Crippen molar-refractivity contribution in [1.29, 1.82) is 0 Å². The molecule has 10 nitrogen and oxygen atoms in total. The van der Waals surface area contributed by atoms with E-state index in [1.807, 2.05) is 42.5 Å². The Morgan fingerprint density at radius 2 is 1.65 bits per heavy atom. The van der Waals surface area contributed by atoms with Gasteiger partial charge in [0.15, 0.2) is 0 Å². The van der Waals surface area contributed by atoms with Crippen LogP contribution in [0, 0.1) is 23.7 Å². The zero-order valence-corrected chi connectivity index (χ0v) is 21.3. The number of carbonyl (C=O) groups excluding carboxylic acids is 4. The molecule has 1 aromatic rings. The number of benzene rings is 1. The second-order valence-electron chi connectivity index (χ2n) is 11.2. The minimum absolute atomic E-state index is 0.00538. The molecule has 3 fully saturated rings. The van der Waals surface area contributed by atoms with Crippen LogP contribution in [0.1, 0.15) is 45.6 Å². The maximum absolute atomic E-state index is 13.2. The van der Waals surface area contributed by atoms with Gasteiger partial charge in [0.1, 0.15) is 11.6 Å². The highest BCUT2D eigenvalue weighted by molar-refractivity contribution is 6.06. The molecule has 0 radical (unpaired) electrons. The van der Waals surface area contributed by atoms with Gasteiger partial charge in [-0.2, -0.15) is 5.48 Å². The van der Waals surface area contributed by atoms with Gasteiger partial charge in [-0.3, -0.25) is 19.3 Å². The Morgan fingerprint density at radius 1 is 1.00 bits per heavy atom. The number of carbonyl (C=O) groups is 4. The van der Waals surface area contributed by atoms with Gasteiger partial charge in [-0.25, -0.2) is 9.59 Å². The fourth-order valence-electron chi connectivity index (χ4n) is 5.77. The number of hydroxylamine groups is 3. The summed E-state index contributed by atoms with van der Waals surface area (Å²) >= 11 is 0. The topological polar surface area (TPSA) is 114 Å². The number of amides is 3. The van der Waals surface area contributed by atoms with Crippen LogP contribution in [0.15, 0.2) is 42.5 Å². The first-order chi connectivity index (χ1) is 17.6. The third-order valence-corrected chi connectivity index (χ3v) is 7.42. The minimum Gasteiger partial charge on any atom is -0.444 e. The van der Waals surface area contributed by atoms with E-state index in [-0.39, 0.29) is 30.8 Å². The van der Waals surface area contributed by atoms with Crippen molar-refractivity contribution < 1.29 is 33.6 Å². The second kappa shape index (κ2) is 9.90. The van der Waals surface area contributed by atoms with Crippen molar-refractivity contribution >= 4 is 23.9 Å². The number of rotatable bonds is 6. The van der Waals surface area contributed by atoms with Crippen molar-refractivity contribution in [2.75, 3.05) is 6.54 Å². The number of ether oxygens (including phenoxy) is 1. The quantitative estimate of drug-likeness (QED) is 0.352. The molecule has 0 spiro atoms. The number of likely N-dealkylation sites (tertiary alicyclic amines) is 1. The Bertz CT molecular complexity index is 1070. The molecule has 3 unspecified atom stereocenters. The van der Waals surface area contributed by atoms with Crippen molar-refractivity contribution in [3.05, 3.63) is 48.0 Å². The van der Waals surface area contributed by atoms with E-state index in [0.29, 0.717) is 18.1 Å². The molecule has 2 saturated heterocycles. The Hall–Kier alpha value is -3.24. The zero-order valence-electron chi connectivity index (χ0n) is 21.3. The van der Waals surface area contributed by atoms with Crippen molar-refractivity contribution in [2.24, 2.45) is 23.7 Å². The fraction of sp³-hybridized carbons (Fsp3) is 0.556. The average Bonchev–Trinajstić information content (AvgIpc) is 3.54. The first kappa shape index (κ1) is 25.4. The van der Waals surface area contributed by atoms with Crippen LogP contribution in [-0.2, 0) is 35.4 Å². The summed E-state index contributed by atoms with van der Waals surface area (Å²) in [6, 6.07) is 8.39. The summed E-state index contributed by atoms with van der Waals surface area (Å²) in [6.07, 6.45) is 4.81. The molecular formula is C27H33N3O7. The van der Waals surface area contributed by atoms with Crippen LogP contribution in [-0.4, -0.2) is 58.1 Å². The number of allylic oxidation sites excluding steroid dienone is 2. The summed E-state index contributed by atoms with van der Waals surface area (Å²) in [5.74, 6) is -2.71.